The molecule has 2 amide bonds. The van der Waals surface area contributed by atoms with Crippen molar-refractivity contribution in [2.75, 3.05) is 18.4 Å². The normalized spacial score (nSPS) is 13.4. The molecule has 1 saturated carbocycles. The molecule has 0 heterocycles. The van der Waals surface area contributed by atoms with Crippen molar-refractivity contribution < 1.29 is 27.2 Å². The number of hydrogen-bond donors (Lipinski definition) is 2. The number of nitrogens with zero attached hydrogens (tertiary/aromatic N) is 1. The van der Waals surface area contributed by atoms with Gasteiger partial charge in [0.1, 0.15) is 5.82 Å². The number of amides is 2. The molecule has 0 unspecified atom stereocenters. The van der Waals surface area contributed by atoms with Crippen LogP contribution in [0.1, 0.15) is 18.4 Å². The summed E-state index contributed by atoms with van der Waals surface area (Å²) in [6.07, 6.45) is 1.90. The van der Waals surface area contributed by atoms with Crippen LogP contribution < -0.4 is 10.6 Å². The van der Waals surface area contributed by atoms with Crippen LogP contribution in [0.5, 0.6) is 0 Å². The van der Waals surface area contributed by atoms with E-state index in [1.165, 1.54) is 12.1 Å². The van der Waals surface area contributed by atoms with Crippen molar-refractivity contribution in [3.63, 3.8) is 0 Å². The van der Waals surface area contributed by atoms with Gasteiger partial charge in [0, 0.05) is 12.6 Å². The Hall–Kier alpha value is -2.94. The lowest BCUT2D eigenvalue weighted by molar-refractivity contribution is -0.125. The van der Waals surface area contributed by atoms with Crippen LogP contribution in [-0.2, 0) is 16.1 Å². The van der Waals surface area contributed by atoms with E-state index in [9.17, 15) is 27.2 Å². The monoisotopic (exact) mass is 409 g/mol. The molecule has 0 saturated heterocycles. The summed E-state index contributed by atoms with van der Waals surface area (Å²) in [5.74, 6) is -6.10. The molecule has 3 rings (SSSR count). The minimum atomic E-state index is -1.69. The van der Waals surface area contributed by atoms with Gasteiger partial charge >= 0.3 is 0 Å². The summed E-state index contributed by atoms with van der Waals surface area (Å²) in [5.41, 5.74) is 0.344. The van der Waals surface area contributed by atoms with E-state index in [-0.39, 0.29) is 18.4 Å². The van der Waals surface area contributed by atoms with Gasteiger partial charge in [-0.3, -0.25) is 14.5 Å². The highest BCUT2D eigenvalue weighted by molar-refractivity contribution is 5.94. The highest BCUT2D eigenvalue weighted by Gasteiger charge is 2.30. The van der Waals surface area contributed by atoms with Crippen LogP contribution in [0.15, 0.2) is 36.4 Å². The quantitative estimate of drug-likeness (QED) is 0.521. The fourth-order valence-electron chi connectivity index (χ4n) is 2.81. The van der Waals surface area contributed by atoms with E-state index in [1.807, 2.05) is 4.90 Å². The van der Waals surface area contributed by atoms with E-state index in [4.69, 9.17) is 0 Å². The molecule has 29 heavy (non-hydrogen) atoms. The molecule has 2 aromatic carbocycles. The van der Waals surface area contributed by atoms with Gasteiger partial charge in [0.2, 0.25) is 11.8 Å². The fraction of sp³-hybridized carbons (Fsp3) is 0.300. The van der Waals surface area contributed by atoms with E-state index in [2.05, 4.69) is 10.6 Å². The Morgan fingerprint density at radius 3 is 2.28 bits per heavy atom. The second-order valence-electron chi connectivity index (χ2n) is 6.81. The van der Waals surface area contributed by atoms with Crippen LogP contribution in [0, 0.1) is 23.3 Å². The Balaban J connectivity index is 1.49. The maximum absolute atomic E-state index is 13.6. The first-order valence-corrected chi connectivity index (χ1v) is 9.02. The summed E-state index contributed by atoms with van der Waals surface area (Å²) in [7, 11) is 0. The van der Waals surface area contributed by atoms with Crippen molar-refractivity contribution in [1.29, 1.82) is 0 Å². The number of anilines is 1. The smallest absolute Gasteiger partial charge is 0.243 e. The Labute approximate surface area is 164 Å². The van der Waals surface area contributed by atoms with Gasteiger partial charge in [-0.15, -0.1) is 0 Å². The lowest BCUT2D eigenvalue weighted by Crippen LogP contribution is -2.41. The highest BCUT2D eigenvalue weighted by atomic mass is 19.2. The Bertz CT molecular complexity index is 901. The van der Waals surface area contributed by atoms with Gasteiger partial charge < -0.3 is 10.6 Å². The molecule has 1 fully saturated rings. The number of benzene rings is 2. The molecule has 0 aliphatic heterocycles. The number of carbonyl (C=O) groups is 2. The first-order valence-electron chi connectivity index (χ1n) is 9.02. The van der Waals surface area contributed by atoms with E-state index in [0.717, 1.165) is 24.5 Å². The van der Waals surface area contributed by atoms with Gasteiger partial charge in [0.25, 0.3) is 0 Å². The predicted molar refractivity (Wildman–Crippen MR) is 97.8 cm³/mol. The number of rotatable bonds is 8. The molecule has 0 bridgehead atoms. The second-order valence-corrected chi connectivity index (χ2v) is 6.81. The zero-order valence-electron chi connectivity index (χ0n) is 15.4. The summed E-state index contributed by atoms with van der Waals surface area (Å²) >= 11 is 0. The third kappa shape index (κ3) is 5.77. The van der Waals surface area contributed by atoms with Crippen molar-refractivity contribution in [2.24, 2.45) is 0 Å². The third-order valence-electron chi connectivity index (χ3n) is 4.46. The predicted octanol–water partition coefficient (Wildman–Crippen LogP) is 2.96. The van der Waals surface area contributed by atoms with E-state index in [0.29, 0.717) is 12.6 Å². The van der Waals surface area contributed by atoms with E-state index < -0.39 is 41.5 Å². The first-order chi connectivity index (χ1) is 13.8. The minimum Gasteiger partial charge on any atom is -0.346 e. The van der Waals surface area contributed by atoms with Crippen LogP contribution in [0.3, 0.4) is 0 Å². The van der Waals surface area contributed by atoms with Crippen LogP contribution in [0.4, 0.5) is 23.2 Å². The lowest BCUT2D eigenvalue weighted by atomic mass is 10.2. The molecule has 1 aliphatic rings. The molecule has 9 heteroatoms. The molecular formula is C20H19F4N3O2. The van der Waals surface area contributed by atoms with Crippen LogP contribution >= 0.6 is 0 Å². The number of nitrogens with one attached hydrogen (secondary N) is 2. The fourth-order valence-corrected chi connectivity index (χ4v) is 2.81. The number of carbonyl (C=O) groups excluding carboxylic acids is 2. The molecule has 0 radical (unpaired) electrons. The molecule has 0 atom stereocenters. The Morgan fingerprint density at radius 2 is 1.62 bits per heavy atom. The van der Waals surface area contributed by atoms with Crippen molar-refractivity contribution >= 4 is 17.5 Å². The standard InChI is InChI=1S/C20H19F4N3O2/c21-13-3-1-12(2-4-13)10-27(14-5-6-14)11-18(29)25-9-17(28)26-16-8-7-15(22)19(23)20(16)24/h1-4,7-8,14H,5-6,9-11H2,(H,25,29)(H,26,28). The maximum atomic E-state index is 13.6. The summed E-state index contributed by atoms with van der Waals surface area (Å²) < 4.78 is 52.7. The van der Waals surface area contributed by atoms with Gasteiger partial charge in [0.15, 0.2) is 17.5 Å². The second kappa shape index (κ2) is 9.04. The summed E-state index contributed by atoms with van der Waals surface area (Å²) in [4.78, 5) is 26.0. The van der Waals surface area contributed by atoms with E-state index in [1.54, 1.807) is 12.1 Å². The van der Waals surface area contributed by atoms with Crippen molar-refractivity contribution in [2.45, 2.75) is 25.4 Å². The molecule has 5 nitrogen and oxygen atoms in total. The summed E-state index contributed by atoms with van der Waals surface area (Å²) in [6, 6.07) is 7.82. The van der Waals surface area contributed by atoms with Crippen molar-refractivity contribution in [3.05, 3.63) is 65.2 Å². The van der Waals surface area contributed by atoms with E-state index >= 15 is 0 Å². The highest BCUT2D eigenvalue weighted by Crippen LogP contribution is 2.28. The van der Waals surface area contributed by atoms with Crippen molar-refractivity contribution in [3.8, 4) is 0 Å². The average molecular weight is 409 g/mol. The molecule has 154 valence electrons. The SMILES string of the molecule is O=C(CN(Cc1ccc(F)cc1)C1CC1)NCC(=O)Nc1ccc(F)c(F)c1F. The van der Waals surface area contributed by atoms with Crippen LogP contribution in [0.2, 0.25) is 0 Å². The molecule has 0 aromatic heterocycles. The zero-order chi connectivity index (χ0) is 21.0. The molecule has 2 aromatic rings. The van der Waals surface area contributed by atoms with Gasteiger partial charge in [0.05, 0.1) is 18.8 Å². The minimum absolute atomic E-state index is 0.0366. The lowest BCUT2D eigenvalue weighted by Gasteiger charge is -2.21. The zero-order valence-corrected chi connectivity index (χ0v) is 15.4. The average Bonchev–Trinajstić information content (AvgIpc) is 3.53. The first kappa shape index (κ1) is 20.8. The van der Waals surface area contributed by atoms with Crippen LogP contribution in [-0.4, -0.2) is 35.8 Å². The van der Waals surface area contributed by atoms with Crippen molar-refractivity contribution in [1.82, 2.24) is 10.2 Å². The molecule has 2 N–H and O–H groups in total. The Morgan fingerprint density at radius 1 is 0.931 bits per heavy atom. The van der Waals surface area contributed by atoms with Gasteiger partial charge in [-0.05, 0) is 42.7 Å². The third-order valence-corrected chi connectivity index (χ3v) is 4.46. The number of halogens is 4. The van der Waals surface area contributed by atoms with Gasteiger partial charge in [-0.25, -0.2) is 17.6 Å². The topological polar surface area (TPSA) is 61.4 Å². The number of hydrogen-bond acceptors (Lipinski definition) is 3. The molecule has 0 spiro atoms. The maximum Gasteiger partial charge on any atom is 0.243 e. The van der Waals surface area contributed by atoms with Crippen LogP contribution in [0.25, 0.3) is 0 Å². The largest absolute Gasteiger partial charge is 0.346 e. The summed E-state index contributed by atoms with van der Waals surface area (Å²) in [6.45, 7) is 0.0474. The summed E-state index contributed by atoms with van der Waals surface area (Å²) in [5, 5.41) is 4.50. The van der Waals surface area contributed by atoms with Gasteiger partial charge in [-0.1, -0.05) is 12.1 Å². The molecule has 1 aliphatic carbocycles. The Kier molecular flexibility index (Phi) is 6.48. The van der Waals surface area contributed by atoms with Gasteiger partial charge in [-0.2, -0.15) is 0 Å². The molecular weight excluding hydrogens is 390 g/mol.